The second-order valence-electron chi connectivity index (χ2n) is 4.47. The van der Waals surface area contributed by atoms with Gasteiger partial charge in [0.25, 0.3) is 0 Å². The lowest BCUT2D eigenvalue weighted by atomic mass is 10.1. The summed E-state index contributed by atoms with van der Waals surface area (Å²) in [7, 11) is 1.93. The molecule has 4 N–H and O–H groups in total. The molecule has 0 saturated carbocycles. The molecule has 0 atom stereocenters. The molecular formula is C13H18N6O. The third kappa shape index (κ3) is 3.55. The lowest BCUT2D eigenvalue weighted by Gasteiger charge is -2.06. The van der Waals surface area contributed by atoms with Gasteiger partial charge in [0.05, 0.1) is 0 Å². The Morgan fingerprint density at radius 1 is 1.50 bits per heavy atom. The van der Waals surface area contributed by atoms with E-state index in [0.717, 1.165) is 24.4 Å². The van der Waals surface area contributed by atoms with Crippen molar-refractivity contribution in [1.29, 1.82) is 0 Å². The summed E-state index contributed by atoms with van der Waals surface area (Å²) in [5.74, 6) is 1.06. The van der Waals surface area contributed by atoms with Crippen molar-refractivity contribution in [3.63, 3.8) is 0 Å². The van der Waals surface area contributed by atoms with Crippen LogP contribution in [0.15, 0.2) is 35.7 Å². The minimum Gasteiger partial charge on any atom is -0.409 e. The molecule has 1 aromatic heterocycles. The van der Waals surface area contributed by atoms with Gasteiger partial charge in [0.2, 0.25) is 0 Å². The Hall–Kier alpha value is -2.41. The van der Waals surface area contributed by atoms with Crippen LogP contribution in [0.4, 0.5) is 0 Å². The van der Waals surface area contributed by atoms with Gasteiger partial charge < -0.3 is 20.8 Å². The van der Waals surface area contributed by atoms with Gasteiger partial charge >= 0.3 is 0 Å². The van der Waals surface area contributed by atoms with Crippen LogP contribution in [-0.2, 0) is 20.0 Å². The summed E-state index contributed by atoms with van der Waals surface area (Å²) in [6.07, 6.45) is 2.51. The van der Waals surface area contributed by atoms with E-state index in [1.54, 1.807) is 12.4 Å². The maximum Gasteiger partial charge on any atom is 0.170 e. The molecule has 7 nitrogen and oxygen atoms in total. The Morgan fingerprint density at radius 3 is 3.05 bits per heavy atom. The number of aryl methyl sites for hydroxylation is 1. The minimum absolute atomic E-state index is 0.117. The van der Waals surface area contributed by atoms with Crippen molar-refractivity contribution in [2.45, 2.75) is 13.0 Å². The number of nitrogens with two attached hydrogens (primary N) is 1. The van der Waals surface area contributed by atoms with E-state index in [1.807, 2.05) is 29.8 Å². The number of rotatable bonds is 6. The van der Waals surface area contributed by atoms with Gasteiger partial charge in [-0.15, -0.1) is 10.2 Å². The predicted molar refractivity (Wildman–Crippen MR) is 75.4 cm³/mol. The fourth-order valence-corrected chi connectivity index (χ4v) is 1.86. The van der Waals surface area contributed by atoms with E-state index in [9.17, 15) is 0 Å². The summed E-state index contributed by atoms with van der Waals surface area (Å²) in [6.45, 7) is 1.52. The van der Waals surface area contributed by atoms with E-state index in [-0.39, 0.29) is 5.84 Å². The average molecular weight is 274 g/mol. The molecule has 0 radical (unpaired) electrons. The van der Waals surface area contributed by atoms with Crippen LogP contribution >= 0.6 is 0 Å². The molecule has 106 valence electrons. The van der Waals surface area contributed by atoms with E-state index in [4.69, 9.17) is 10.9 Å². The number of nitrogens with zero attached hydrogens (tertiary/aromatic N) is 4. The monoisotopic (exact) mass is 274 g/mol. The van der Waals surface area contributed by atoms with E-state index >= 15 is 0 Å². The molecule has 0 bridgehead atoms. The summed E-state index contributed by atoms with van der Waals surface area (Å²) < 4.78 is 1.90. The van der Waals surface area contributed by atoms with Crippen LogP contribution in [-0.4, -0.2) is 32.4 Å². The lowest BCUT2D eigenvalue weighted by Crippen LogP contribution is -2.19. The molecule has 7 heteroatoms. The van der Waals surface area contributed by atoms with E-state index in [0.29, 0.717) is 12.1 Å². The van der Waals surface area contributed by atoms with Gasteiger partial charge in [-0.05, 0) is 11.6 Å². The van der Waals surface area contributed by atoms with Gasteiger partial charge in [-0.2, -0.15) is 0 Å². The van der Waals surface area contributed by atoms with E-state index in [2.05, 4.69) is 20.7 Å². The highest BCUT2D eigenvalue weighted by atomic mass is 16.4. The molecule has 0 aliphatic heterocycles. The number of hydrogen-bond acceptors (Lipinski definition) is 5. The van der Waals surface area contributed by atoms with Gasteiger partial charge in [-0.1, -0.05) is 23.4 Å². The molecule has 0 aliphatic carbocycles. The smallest absolute Gasteiger partial charge is 0.170 e. The van der Waals surface area contributed by atoms with Crippen LogP contribution in [0, 0.1) is 0 Å². The normalized spacial score (nSPS) is 11.8. The van der Waals surface area contributed by atoms with Crippen LogP contribution < -0.4 is 11.1 Å². The Kier molecular flexibility index (Phi) is 4.67. The Balaban J connectivity index is 1.84. The number of amidine groups is 1. The zero-order chi connectivity index (χ0) is 14.4. The van der Waals surface area contributed by atoms with Gasteiger partial charge in [-0.3, -0.25) is 0 Å². The molecule has 0 aliphatic rings. The molecule has 1 aromatic carbocycles. The summed E-state index contributed by atoms with van der Waals surface area (Å²) >= 11 is 0. The van der Waals surface area contributed by atoms with Crippen LogP contribution in [0.3, 0.4) is 0 Å². The number of nitrogens with one attached hydrogen (secondary N) is 1. The second-order valence-corrected chi connectivity index (χ2v) is 4.47. The van der Waals surface area contributed by atoms with Crippen molar-refractivity contribution in [3.8, 4) is 0 Å². The van der Waals surface area contributed by atoms with Crippen LogP contribution in [0.1, 0.15) is 17.0 Å². The largest absolute Gasteiger partial charge is 0.409 e. The van der Waals surface area contributed by atoms with Crippen molar-refractivity contribution in [2.75, 3.05) is 6.54 Å². The first-order valence-electron chi connectivity index (χ1n) is 6.31. The standard InChI is InChI=1S/C13H18N6O/c1-19-9-16-17-12(19)5-6-15-8-10-3-2-4-11(7-10)13(14)18-20/h2-4,7,9,15,20H,5-6,8H2,1H3,(H2,14,18). The predicted octanol–water partition coefficient (Wildman–Crippen LogP) is 0.242. The Bertz CT molecular complexity index is 592. The molecule has 2 aromatic rings. The molecule has 0 amide bonds. The first-order chi connectivity index (χ1) is 9.70. The molecule has 0 fully saturated rings. The molecule has 20 heavy (non-hydrogen) atoms. The first-order valence-corrected chi connectivity index (χ1v) is 6.31. The van der Waals surface area contributed by atoms with Gasteiger partial charge in [0.1, 0.15) is 12.2 Å². The Morgan fingerprint density at radius 2 is 2.35 bits per heavy atom. The van der Waals surface area contributed by atoms with Crippen molar-refractivity contribution in [1.82, 2.24) is 20.1 Å². The summed E-state index contributed by atoms with van der Waals surface area (Å²) in [6, 6.07) is 7.57. The average Bonchev–Trinajstić information content (AvgIpc) is 2.88. The number of aromatic nitrogens is 3. The summed E-state index contributed by atoms with van der Waals surface area (Å²) in [4.78, 5) is 0. The third-order valence-electron chi connectivity index (χ3n) is 2.99. The molecule has 1 heterocycles. The van der Waals surface area contributed by atoms with Gasteiger partial charge in [0, 0.05) is 32.1 Å². The van der Waals surface area contributed by atoms with Gasteiger partial charge in [-0.25, -0.2) is 0 Å². The third-order valence-corrected chi connectivity index (χ3v) is 2.99. The van der Waals surface area contributed by atoms with Crippen molar-refractivity contribution in [2.24, 2.45) is 17.9 Å². The highest BCUT2D eigenvalue weighted by Gasteiger charge is 2.02. The van der Waals surface area contributed by atoms with Crippen molar-refractivity contribution < 1.29 is 5.21 Å². The quantitative estimate of drug-likeness (QED) is 0.230. The molecule has 2 rings (SSSR count). The van der Waals surface area contributed by atoms with Gasteiger partial charge in [0.15, 0.2) is 5.84 Å². The highest BCUT2D eigenvalue weighted by molar-refractivity contribution is 5.97. The maximum atomic E-state index is 8.66. The fourth-order valence-electron chi connectivity index (χ4n) is 1.86. The van der Waals surface area contributed by atoms with E-state index < -0.39 is 0 Å². The molecule has 0 saturated heterocycles. The van der Waals surface area contributed by atoms with Crippen LogP contribution in [0.2, 0.25) is 0 Å². The zero-order valence-corrected chi connectivity index (χ0v) is 11.3. The topological polar surface area (TPSA) is 101 Å². The van der Waals surface area contributed by atoms with Crippen molar-refractivity contribution in [3.05, 3.63) is 47.5 Å². The fraction of sp³-hybridized carbons (Fsp3) is 0.308. The highest BCUT2D eigenvalue weighted by Crippen LogP contribution is 2.05. The summed E-state index contributed by atoms with van der Waals surface area (Å²) in [5, 5.41) is 22.8. The SMILES string of the molecule is Cn1cnnc1CCNCc1cccc(C(N)=NO)c1. The maximum absolute atomic E-state index is 8.66. The minimum atomic E-state index is 0.117. The number of benzene rings is 1. The summed E-state index contributed by atoms with van der Waals surface area (Å²) in [5.41, 5.74) is 7.34. The van der Waals surface area contributed by atoms with Crippen LogP contribution in [0.5, 0.6) is 0 Å². The second kappa shape index (κ2) is 6.67. The number of oxime groups is 1. The Labute approximate surface area is 117 Å². The molecular weight excluding hydrogens is 256 g/mol. The zero-order valence-electron chi connectivity index (χ0n) is 11.3. The van der Waals surface area contributed by atoms with E-state index in [1.165, 1.54) is 0 Å². The number of hydrogen-bond donors (Lipinski definition) is 3. The first kappa shape index (κ1) is 14.0. The molecule has 0 unspecified atom stereocenters. The molecule has 0 spiro atoms. The van der Waals surface area contributed by atoms with Crippen LogP contribution in [0.25, 0.3) is 0 Å². The van der Waals surface area contributed by atoms with Crippen molar-refractivity contribution >= 4 is 5.84 Å². The lowest BCUT2D eigenvalue weighted by molar-refractivity contribution is 0.318.